The van der Waals surface area contributed by atoms with Crippen LogP contribution in [0.25, 0.3) is 55.0 Å². The molecule has 2 aromatic heterocycles. The van der Waals surface area contributed by atoms with E-state index in [0.717, 1.165) is 0 Å². The molecule has 5 heteroatoms. The summed E-state index contributed by atoms with van der Waals surface area (Å²) in [6, 6.07) is 56.2. The van der Waals surface area contributed by atoms with Gasteiger partial charge in [-0.1, -0.05) is 125 Å². The van der Waals surface area contributed by atoms with Gasteiger partial charge in [0.2, 0.25) is 6.71 Å². The lowest BCUT2D eigenvalue weighted by atomic mass is 9.36. The van der Waals surface area contributed by atoms with Gasteiger partial charge in [-0.2, -0.15) is 0 Å². The Kier molecular flexibility index (Phi) is 5.38. The summed E-state index contributed by atoms with van der Waals surface area (Å²) < 4.78 is 4.86. The number of fused-ring (bicyclic) bond motifs is 10. The third-order valence-corrected chi connectivity index (χ3v) is 12.3. The molecule has 0 radical (unpaired) electrons. The smallest absolute Gasteiger partial charge is 0.247 e. The van der Waals surface area contributed by atoms with Gasteiger partial charge in [0, 0.05) is 52.5 Å². The predicted octanol–water partition coefficient (Wildman–Crippen LogP) is 9.33. The SMILES string of the molecule is c1cc2c3c(c1)Sc1cc(-n4c5ccccc5c5ccccc54)ccc1B3c1ccc(-n3c4ccccc4c4ccccc43)cc1S2. The van der Waals surface area contributed by atoms with Crippen molar-refractivity contribution in [2.45, 2.75) is 19.6 Å². The van der Waals surface area contributed by atoms with Crippen molar-refractivity contribution in [3.63, 3.8) is 0 Å². The summed E-state index contributed by atoms with van der Waals surface area (Å²) in [7, 11) is 0. The van der Waals surface area contributed by atoms with E-state index < -0.39 is 0 Å². The van der Waals surface area contributed by atoms with Crippen molar-refractivity contribution in [3.05, 3.63) is 152 Å². The van der Waals surface area contributed by atoms with Gasteiger partial charge < -0.3 is 9.13 Å². The zero-order valence-corrected chi connectivity index (χ0v) is 26.9. The summed E-state index contributed by atoms with van der Waals surface area (Å²) in [6.45, 7) is 0.202. The number of nitrogens with zero attached hydrogens (tertiary/aromatic N) is 2. The van der Waals surface area contributed by atoms with Gasteiger partial charge >= 0.3 is 0 Å². The van der Waals surface area contributed by atoms with E-state index >= 15 is 0 Å². The lowest BCUT2D eigenvalue weighted by Crippen LogP contribution is -2.58. The van der Waals surface area contributed by atoms with E-state index in [-0.39, 0.29) is 6.71 Å². The maximum atomic E-state index is 2.43. The van der Waals surface area contributed by atoms with E-state index in [4.69, 9.17) is 0 Å². The predicted molar refractivity (Wildman–Crippen MR) is 201 cm³/mol. The van der Waals surface area contributed by atoms with E-state index in [1.165, 1.54) is 91.0 Å². The molecule has 2 nitrogen and oxygen atoms in total. The van der Waals surface area contributed by atoms with Gasteiger partial charge in [-0.25, -0.2) is 0 Å². The Bertz CT molecular complexity index is 2480. The maximum Gasteiger partial charge on any atom is 0.247 e. The van der Waals surface area contributed by atoms with Gasteiger partial charge in [0.05, 0.1) is 22.1 Å². The fraction of sp³-hybridized carbons (Fsp3) is 0. The fourth-order valence-corrected chi connectivity index (χ4v) is 10.6. The van der Waals surface area contributed by atoms with Crippen LogP contribution in [0.3, 0.4) is 0 Å². The first kappa shape index (κ1) is 26.0. The van der Waals surface area contributed by atoms with E-state index in [0.29, 0.717) is 0 Å². The van der Waals surface area contributed by atoms with Crippen LogP contribution in [0.15, 0.2) is 171 Å². The Hall–Kier alpha value is -5.10. The van der Waals surface area contributed by atoms with Crippen LogP contribution in [0.4, 0.5) is 0 Å². The molecule has 9 aromatic rings. The largest absolute Gasteiger partial charge is 0.309 e. The summed E-state index contributed by atoms with van der Waals surface area (Å²) in [5.41, 5.74) is 11.6. The molecule has 218 valence electrons. The molecule has 0 fully saturated rings. The molecule has 11 rings (SSSR count). The summed E-state index contributed by atoms with van der Waals surface area (Å²) in [5.74, 6) is 0. The highest BCUT2D eigenvalue weighted by Gasteiger charge is 2.38. The Morgan fingerprint density at radius 2 is 0.745 bits per heavy atom. The highest BCUT2D eigenvalue weighted by Crippen LogP contribution is 2.41. The third-order valence-electron chi connectivity index (χ3n) is 10.0. The number of hydrogen-bond donors (Lipinski definition) is 0. The summed E-state index contributed by atoms with van der Waals surface area (Å²) >= 11 is 3.84. The number of hydrogen-bond acceptors (Lipinski definition) is 2. The molecule has 7 aromatic carbocycles. The lowest BCUT2D eigenvalue weighted by molar-refractivity contribution is 1.16. The maximum absolute atomic E-state index is 2.43. The minimum Gasteiger partial charge on any atom is -0.309 e. The highest BCUT2D eigenvalue weighted by molar-refractivity contribution is 8.01. The van der Waals surface area contributed by atoms with Crippen LogP contribution in [0.5, 0.6) is 0 Å². The van der Waals surface area contributed by atoms with Crippen molar-refractivity contribution >= 4 is 90.2 Å². The Morgan fingerprint density at radius 3 is 1.15 bits per heavy atom. The van der Waals surface area contributed by atoms with Crippen LogP contribution in [-0.2, 0) is 0 Å². The Balaban J connectivity index is 1.10. The molecule has 0 spiro atoms. The van der Waals surface area contributed by atoms with Crippen LogP contribution in [0, 0.1) is 0 Å². The number of aromatic nitrogens is 2. The van der Waals surface area contributed by atoms with Crippen molar-refractivity contribution in [2.24, 2.45) is 0 Å². The standard InChI is InChI=1S/C42H25BN2S2/c1-5-14-34-28(10-1)29-11-2-6-15-35(29)44(34)26-20-22-32-40(24-26)46-38-18-9-19-39-42(38)43(32)33-23-21-27(25-41(33)47-39)45-36-16-7-3-12-30(36)31-13-4-8-17-37(31)45/h1-25H. The van der Waals surface area contributed by atoms with Crippen LogP contribution in [0.1, 0.15) is 0 Å². The van der Waals surface area contributed by atoms with Crippen molar-refractivity contribution in [3.8, 4) is 11.4 Å². The van der Waals surface area contributed by atoms with Crippen LogP contribution in [0.2, 0.25) is 0 Å². The molecule has 2 aliphatic rings. The molecule has 0 aliphatic carbocycles. The lowest BCUT2D eigenvalue weighted by Gasteiger charge is -2.33. The normalized spacial score (nSPS) is 13.3. The number of benzene rings is 7. The second-order valence-electron chi connectivity index (χ2n) is 12.5. The zero-order chi connectivity index (χ0) is 30.6. The molecule has 0 atom stereocenters. The number of rotatable bonds is 2. The molecule has 0 saturated heterocycles. The molecular weight excluding hydrogens is 607 g/mol. The first-order valence-electron chi connectivity index (χ1n) is 16.1. The second kappa shape index (κ2) is 9.71. The van der Waals surface area contributed by atoms with Gasteiger partial charge in [0.15, 0.2) is 0 Å². The first-order valence-corrected chi connectivity index (χ1v) is 17.7. The van der Waals surface area contributed by atoms with Gasteiger partial charge in [-0.3, -0.25) is 0 Å². The zero-order valence-electron chi connectivity index (χ0n) is 25.2. The van der Waals surface area contributed by atoms with Gasteiger partial charge in [0.1, 0.15) is 0 Å². The highest BCUT2D eigenvalue weighted by atomic mass is 32.2. The Labute approximate surface area is 280 Å². The van der Waals surface area contributed by atoms with Crippen molar-refractivity contribution in [1.82, 2.24) is 9.13 Å². The van der Waals surface area contributed by atoms with E-state index in [9.17, 15) is 0 Å². The number of para-hydroxylation sites is 4. The molecule has 0 bridgehead atoms. The molecule has 47 heavy (non-hydrogen) atoms. The minimum atomic E-state index is 0.202. The van der Waals surface area contributed by atoms with E-state index in [1.807, 2.05) is 23.5 Å². The van der Waals surface area contributed by atoms with Crippen LogP contribution < -0.4 is 16.4 Å². The van der Waals surface area contributed by atoms with Gasteiger partial charge in [-0.05, 0) is 66.1 Å². The fourth-order valence-electron chi connectivity index (χ4n) is 8.08. The molecular formula is C42H25BN2S2. The monoisotopic (exact) mass is 632 g/mol. The van der Waals surface area contributed by atoms with Crippen molar-refractivity contribution in [2.75, 3.05) is 0 Å². The molecule has 4 heterocycles. The second-order valence-corrected chi connectivity index (χ2v) is 14.7. The van der Waals surface area contributed by atoms with Gasteiger partial charge in [0.25, 0.3) is 0 Å². The van der Waals surface area contributed by atoms with Crippen LogP contribution >= 0.6 is 23.5 Å². The topological polar surface area (TPSA) is 9.86 Å². The first-order chi connectivity index (χ1) is 23.3. The minimum absolute atomic E-state index is 0.202. The molecule has 0 N–H and O–H groups in total. The van der Waals surface area contributed by atoms with Crippen molar-refractivity contribution < 1.29 is 0 Å². The summed E-state index contributed by atoms with van der Waals surface area (Å²) in [4.78, 5) is 5.40. The van der Waals surface area contributed by atoms with Crippen LogP contribution in [-0.4, -0.2) is 15.8 Å². The Morgan fingerprint density at radius 1 is 0.362 bits per heavy atom. The molecule has 0 amide bonds. The van der Waals surface area contributed by atoms with E-state index in [1.54, 1.807) is 0 Å². The summed E-state index contributed by atoms with van der Waals surface area (Å²) in [6.07, 6.45) is 0. The third kappa shape index (κ3) is 3.61. The van der Waals surface area contributed by atoms with Crippen molar-refractivity contribution in [1.29, 1.82) is 0 Å². The average Bonchev–Trinajstić information content (AvgIpc) is 3.64. The quantitative estimate of drug-likeness (QED) is 0.176. The van der Waals surface area contributed by atoms with Gasteiger partial charge in [-0.15, -0.1) is 0 Å². The van der Waals surface area contributed by atoms with E-state index in [2.05, 4.69) is 161 Å². The summed E-state index contributed by atoms with van der Waals surface area (Å²) in [5, 5.41) is 5.17. The molecule has 0 unspecified atom stereocenters. The molecule has 0 saturated carbocycles. The average molecular weight is 633 g/mol. The molecule has 2 aliphatic heterocycles.